The van der Waals surface area contributed by atoms with Gasteiger partial charge in [-0.15, -0.1) is 0 Å². The molecule has 0 unspecified atom stereocenters. The van der Waals surface area contributed by atoms with E-state index in [1.54, 1.807) is 6.92 Å². The third kappa shape index (κ3) is 4.87. The maximum absolute atomic E-state index is 12.1. The van der Waals surface area contributed by atoms with Crippen LogP contribution < -0.4 is 10.2 Å². The number of oxazole rings is 1. The number of hydrogen-bond acceptors (Lipinski definition) is 5. The Balaban J connectivity index is 1.15. The largest absolute Gasteiger partial charge is 0.448 e. The fourth-order valence-electron chi connectivity index (χ4n) is 4.13. The van der Waals surface area contributed by atoms with Crippen LogP contribution in [0.4, 0.5) is 5.69 Å². The van der Waals surface area contributed by atoms with Crippen LogP contribution in [0, 0.1) is 12.8 Å². The first-order chi connectivity index (χ1) is 14.0. The predicted octanol–water partition coefficient (Wildman–Crippen LogP) is 4.01. The summed E-state index contributed by atoms with van der Waals surface area (Å²) in [5, 5.41) is 4.30. The molecule has 2 heterocycles. The first-order valence-corrected chi connectivity index (χ1v) is 10.9. The van der Waals surface area contributed by atoms with Gasteiger partial charge in [-0.3, -0.25) is 9.69 Å². The topological polar surface area (TPSA) is 61.6 Å². The Morgan fingerprint density at radius 3 is 2.69 bits per heavy atom. The van der Waals surface area contributed by atoms with Crippen LogP contribution >= 0.6 is 23.2 Å². The molecule has 2 fully saturated rings. The van der Waals surface area contributed by atoms with Crippen LogP contribution in [0.2, 0.25) is 10.0 Å². The van der Waals surface area contributed by atoms with Gasteiger partial charge >= 0.3 is 0 Å². The highest BCUT2D eigenvalue weighted by Crippen LogP contribution is 2.33. The fourth-order valence-corrected chi connectivity index (χ4v) is 4.55. The number of hydrogen-bond donors (Lipinski definition) is 1. The van der Waals surface area contributed by atoms with E-state index in [0.717, 1.165) is 51.3 Å². The molecule has 29 heavy (non-hydrogen) atoms. The van der Waals surface area contributed by atoms with Gasteiger partial charge in [-0.1, -0.05) is 29.3 Å². The quantitative estimate of drug-likeness (QED) is 0.740. The standard InChI is InChI=1S/C21H26Cl2N4O2/c1-14-24-18(13-29-14)21(28)25-16-11-15(12-16)5-6-26-7-9-27(10-8-26)19-4-2-3-17(22)20(19)23/h2-4,13,15-16H,5-12H2,1H3,(H,25,28). The number of aromatic nitrogens is 1. The minimum Gasteiger partial charge on any atom is -0.448 e. The van der Waals surface area contributed by atoms with E-state index in [2.05, 4.69) is 20.1 Å². The highest BCUT2D eigenvalue weighted by atomic mass is 35.5. The first-order valence-electron chi connectivity index (χ1n) is 10.1. The Labute approximate surface area is 181 Å². The lowest BCUT2D eigenvalue weighted by molar-refractivity contribution is 0.0872. The number of anilines is 1. The van der Waals surface area contributed by atoms with Crippen molar-refractivity contribution < 1.29 is 9.21 Å². The second-order valence-electron chi connectivity index (χ2n) is 7.95. The van der Waals surface area contributed by atoms with E-state index in [1.807, 2.05) is 18.2 Å². The molecule has 1 saturated carbocycles. The first kappa shape index (κ1) is 20.5. The van der Waals surface area contributed by atoms with Gasteiger partial charge < -0.3 is 14.6 Å². The van der Waals surface area contributed by atoms with Gasteiger partial charge in [0.2, 0.25) is 0 Å². The lowest BCUT2D eigenvalue weighted by Gasteiger charge is -2.39. The van der Waals surface area contributed by atoms with Crippen molar-refractivity contribution in [2.24, 2.45) is 5.92 Å². The van der Waals surface area contributed by atoms with Crippen LogP contribution in [0.1, 0.15) is 35.6 Å². The Kier molecular flexibility index (Phi) is 6.32. The zero-order valence-electron chi connectivity index (χ0n) is 16.5. The van der Waals surface area contributed by atoms with Crippen molar-refractivity contribution in [2.75, 3.05) is 37.6 Å². The number of benzene rings is 1. The molecule has 0 bridgehead atoms. The van der Waals surface area contributed by atoms with E-state index in [9.17, 15) is 4.79 Å². The molecule has 0 atom stereocenters. The highest BCUT2D eigenvalue weighted by molar-refractivity contribution is 6.43. The van der Waals surface area contributed by atoms with Crippen LogP contribution in [0.15, 0.2) is 28.9 Å². The molecular weight excluding hydrogens is 411 g/mol. The Morgan fingerprint density at radius 1 is 1.24 bits per heavy atom. The van der Waals surface area contributed by atoms with E-state index in [1.165, 1.54) is 12.7 Å². The van der Waals surface area contributed by atoms with Gasteiger partial charge in [-0.2, -0.15) is 0 Å². The maximum Gasteiger partial charge on any atom is 0.273 e. The zero-order valence-corrected chi connectivity index (χ0v) is 18.0. The van der Waals surface area contributed by atoms with E-state index in [-0.39, 0.29) is 11.9 Å². The molecule has 0 radical (unpaired) electrons. The number of rotatable bonds is 6. The Morgan fingerprint density at radius 2 is 2.00 bits per heavy atom. The van der Waals surface area contributed by atoms with Crippen LogP contribution in [0.3, 0.4) is 0 Å². The Hall–Kier alpha value is -1.76. The summed E-state index contributed by atoms with van der Waals surface area (Å²) in [5.41, 5.74) is 1.39. The molecule has 1 amide bonds. The zero-order chi connectivity index (χ0) is 20.4. The molecule has 1 aromatic heterocycles. The van der Waals surface area contributed by atoms with Gasteiger partial charge in [0.05, 0.1) is 15.7 Å². The smallest absolute Gasteiger partial charge is 0.273 e. The maximum atomic E-state index is 12.1. The second-order valence-corrected chi connectivity index (χ2v) is 8.74. The second kappa shape index (κ2) is 8.94. The van der Waals surface area contributed by atoms with E-state index in [4.69, 9.17) is 27.6 Å². The summed E-state index contributed by atoms with van der Waals surface area (Å²) >= 11 is 12.5. The number of nitrogens with one attached hydrogen (secondary N) is 1. The number of aryl methyl sites for hydroxylation is 1. The molecule has 2 aliphatic rings. The van der Waals surface area contributed by atoms with Crippen LogP contribution in [-0.4, -0.2) is 54.6 Å². The lowest BCUT2D eigenvalue weighted by atomic mass is 9.78. The molecule has 1 aliphatic heterocycles. The average molecular weight is 437 g/mol. The molecule has 4 rings (SSSR count). The summed E-state index contributed by atoms with van der Waals surface area (Å²) in [7, 11) is 0. The Bertz CT molecular complexity index is 858. The monoisotopic (exact) mass is 436 g/mol. The summed E-state index contributed by atoms with van der Waals surface area (Å²) in [6.45, 7) is 6.81. The van der Waals surface area contributed by atoms with Crippen LogP contribution in [-0.2, 0) is 0 Å². The van der Waals surface area contributed by atoms with Crippen molar-refractivity contribution in [3.05, 3.63) is 46.1 Å². The third-order valence-electron chi connectivity index (χ3n) is 5.92. The van der Waals surface area contributed by atoms with Crippen LogP contribution in [0.25, 0.3) is 0 Å². The number of nitrogens with zero attached hydrogens (tertiary/aromatic N) is 3. The molecule has 156 valence electrons. The summed E-state index contributed by atoms with van der Waals surface area (Å²) < 4.78 is 5.10. The molecule has 0 spiro atoms. The summed E-state index contributed by atoms with van der Waals surface area (Å²) in [6, 6.07) is 6.06. The molecule has 1 N–H and O–H groups in total. The van der Waals surface area contributed by atoms with Gasteiger partial charge in [0.25, 0.3) is 5.91 Å². The lowest BCUT2D eigenvalue weighted by Crippen LogP contribution is -2.48. The molecule has 6 nitrogen and oxygen atoms in total. The normalized spacial score (nSPS) is 22.4. The predicted molar refractivity (Wildman–Crippen MR) is 115 cm³/mol. The highest BCUT2D eigenvalue weighted by Gasteiger charge is 2.31. The number of piperazine rings is 1. The molecular formula is C21H26Cl2N4O2. The minimum absolute atomic E-state index is 0.138. The van der Waals surface area contributed by atoms with Gasteiger partial charge in [0.1, 0.15) is 6.26 Å². The summed E-state index contributed by atoms with van der Waals surface area (Å²) in [5.74, 6) is 1.06. The van der Waals surface area contributed by atoms with Gasteiger partial charge in [0, 0.05) is 39.1 Å². The SMILES string of the molecule is Cc1nc(C(=O)NC2CC(CCN3CCN(c4cccc(Cl)c4Cl)CC3)C2)co1. The molecule has 1 saturated heterocycles. The summed E-state index contributed by atoms with van der Waals surface area (Å²) in [6.07, 6.45) is 4.67. The van der Waals surface area contributed by atoms with Crippen molar-refractivity contribution in [1.82, 2.24) is 15.2 Å². The third-order valence-corrected chi connectivity index (χ3v) is 6.73. The number of carbonyl (C=O) groups excluding carboxylic acids is 1. The van der Waals surface area contributed by atoms with E-state index < -0.39 is 0 Å². The fraction of sp³-hybridized carbons (Fsp3) is 0.524. The van der Waals surface area contributed by atoms with Crippen molar-refractivity contribution in [3.63, 3.8) is 0 Å². The van der Waals surface area contributed by atoms with Crippen LogP contribution in [0.5, 0.6) is 0 Å². The van der Waals surface area contributed by atoms with Crippen molar-refractivity contribution >= 4 is 34.8 Å². The van der Waals surface area contributed by atoms with Crippen molar-refractivity contribution in [3.8, 4) is 0 Å². The summed E-state index contributed by atoms with van der Waals surface area (Å²) in [4.78, 5) is 21.0. The molecule has 8 heteroatoms. The van der Waals surface area contributed by atoms with Crippen molar-refractivity contribution in [2.45, 2.75) is 32.2 Å². The average Bonchev–Trinajstić information content (AvgIpc) is 3.12. The van der Waals surface area contributed by atoms with Gasteiger partial charge in [-0.05, 0) is 43.9 Å². The van der Waals surface area contributed by atoms with Gasteiger partial charge in [-0.25, -0.2) is 4.98 Å². The van der Waals surface area contributed by atoms with Crippen molar-refractivity contribution in [1.29, 1.82) is 0 Å². The number of carbonyl (C=O) groups is 1. The minimum atomic E-state index is -0.138. The van der Waals surface area contributed by atoms with E-state index in [0.29, 0.717) is 27.5 Å². The van der Waals surface area contributed by atoms with E-state index >= 15 is 0 Å². The molecule has 1 aromatic carbocycles. The molecule has 2 aromatic rings. The number of amides is 1. The van der Waals surface area contributed by atoms with Gasteiger partial charge in [0.15, 0.2) is 11.6 Å². The molecule has 1 aliphatic carbocycles. The number of halogens is 2.